The molecule has 1 heteroatoms. The van der Waals surface area contributed by atoms with Gasteiger partial charge in [0.25, 0.3) is 0 Å². The summed E-state index contributed by atoms with van der Waals surface area (Å²) in [6.07, 6.45) is 5.35. The van der Waals surface area contributed by atoms with Crippen LogP contribution in [0.1, 0.15) is 53.4 Å². The minimum absolute atomic E-state index is 0.0190. The Bertz CT molecular complexity index is 309. The molecule has 0 amide bonds. The Balaban J connectivity index is 2.05. The van der Waals surface area contributed by atoms with Crippen molar-refractivity contribution in [3.8, 4) is 0 Å². The third-order valence-electron chi connectivity index (χ3n) is 6.35. The Morgan fingerprint density at radius 3 is 2.44 bits per heavy atom. The third-order valence-corrected chi connectivity index (χ3v) is 6.35. The first kappa shape index (κ1) is 11.1. The van der Waals surface area contributed by atoms with Gasteiger partial charge in [0.15, 0.2) is 0 Å². The summed E-state index contributed by atoms with van der Waals surface area (Å²) in [6, 6.07) is 0. The van der Waals surface area contributed by atoms with E-state index in [-0.39, 0.29) is 6.10 Å². The van der Waals surface area contributed by atoms with Crippen molar-refractivity contribution in [2.45, 2.75) is 59.5 Å². The molecule has 92 valence electrons. The van der Waals surface area contributed by atoms with Gasteiger partial charge < -0.3 is 5.11 Å². The molecule has 1 N–H and O–H groups in total. The van der Waals surface area contributed by atoms with Gasteiger partial charge in [0.2, 0.25) is 0 Å². The summed E-state index contributed by atoms with van der Waals surface area (Å²) in [6.45, 7) is 9.54. The summed E-state index contributed by atoms with van der Waals surface area (Å²) < 4.78 is 0. The fourth-order valence-corrected chi connectivity index (χ4v) is 5.89. The van der Waals surface area contributed by atoms with Crippen molar-refractivity contribution < 1.29 is 5.11 Å². The van der Waals surface area contributed by atoms with Crippen LogP contribution in [-0.2, 0) is 0 Å². The number of hydrogen-bond donors (Lipinski definition) is 1. The van der Waals surface area contributed by atoms with Gasteiger partial charge in [0.1, 0.15) is 0 Å². The topological polar surface area (TPSA) is 20.2 Å². The van der Waals surface area contributed by atoms with Crippen LogP contribution in [0.25, 0.3) is 0 Å². The van der Waals surface area contributed by atoms with Gasteiger partial charge in [-0.15, -0.1) is 0 Å². The molecule has 1 spiro atoms. The molecule has 1 nitrogen and oxygen atoms in total. The first-order valence-corrected chi connectivity index (χ1v) is 7.06. The molecule has 3 aliphatic carbocycles. The smallest absolute Gasteiger partial charge is 0.0602 e. The minimum Gasteiger partial charge on any atom is -0.393 e. The van der Waals surface area contributed by atoms with Crippen molar-refractivity contribution in [3.63, 3.8) is 0 Å². The summed E-state index contributed by atoms with van der Waals surface area (Å²) in [7, 11) is 0. The Morgan fingerprint density at radius 2 is 1.75 bits per heavy atom. The van der Waals surface area contributed by atoms with Crippen molar-refractivity contribution in [3.05, 3.63) is 0 Å². The van der Waals surface area contributed by atoms with Gasteiger partial charge in [-0.2, -0.15) is 0 Å². The molecule has 0 aliphatic heterocycles. The Kier molecular flexibility index (Phi) is 2.11. The number of rotatable bonds is 0. The van der Waals surface area contributed by atoms with E-state index in [4.69, 9.17) is 0 Å². The van der Waals surface area contributed by atoms with Gasteiger partial charge in [-0.25, -0.2) is 0 Å². The Hall–Kier alpha value is -0.0400. The zero-order chi connectivity index (χ0) is 11.7. The summed E-state index contributed by atoms with van der Waals surface area (Å²) in [5, 5.41) is 10.5. The molecule has 0 bridgehead atoms. The third kappa shape index (κ3) is 1.11. The molecule has 0 saturated heterocycles. The fraction of sp³-hybridized carbons (Fsp3) is 1.00. The Morgan fingerprint density at radius 1 is 1.06 bits per heavy atom. The van der Waals surface area contributed by atoms with Crippen molar-refractivity contribution in [2.75, 3.05) is 0 Å². The molecular formula is C15H26O. The molecule has 0 heterocycles. The number of aliphatic hydroxyl groups excluding tert-OH is 1. The van der Waals surface area contributed by atoms with Crippen LogP contribution in [-0.4, -0.2) is 11.2 Å². The maximum Gasteiger partial charge on any atom is 0.0602 e. The molecule has 3 rings (SSSR count). The highest BCUT2D eigenvalue weighted by atomic mass is 16.3. The molecule has 6 atom stereocenters. The minimum atomic E-state index is -0.0190. The highest BCUT2D eigenvalue weighted by molar-refractivity contribution is 5.16. The van der Waals surface area contributed by atoms with E-state index >= 15 is 0 Å². The Labute approximate surface area is 99.6 Å². The van der Waals surface area contributed by atoms with Crippen LogP contribution in [0.4, 0.5) is 0 Å². The van der Waals surface area contributed by atoms with E-state index < -0.39 is 0 Å². The average molecular weight is 222 g/mol. The largest absolute Gasteiger partial charge is 0.393 e. The fourth-order valence-electron chi connectivity index (χ4n) is 5.89. The molecule has 16 heavy (non-hydrogen) atoms. The summed E-state index contributed by atoms with van der Waals surface area (Å²) in [5.41, 5.74) is 0.963. The van der Waals surface area contributed by atoms with Crippen LogP contribution >= 0.6 is 0 Å². The predicted octanol–water partition coefficient (Wildman–Crippen LogP) is 3.47. The van der Waals surface area contributed by atoms with E-state index in [0.29, 0.717) is 22.7 Å². The van der Waals surface area contributed by atoms with Crippen molar-refractivity contribution >= 4 is 0 Å². The van der Waals surface area contributed by atoms with Crippen molar-refractivity contribution in [2.24, 2.45) is 34.5 Å². The van der Waals surface area contributed by atoms with Crippen molar-refractivity contribution in [1.29, 1.82) is 0 Å². The standard InChI is InChI=1S/C15H26O/c1-9-5-6-11-10(2)13(16)12-7-14(3,4)8-15(9,11)12/h9-13,16H,5-8H2,1-4H3/t9-,10-,11-,12-,13-,15-/m0/s1. The number of aliphatic hydroxyl groups is 1. The van der Waals surface area contributed by atoms with Crippen LogP contribution < -0.4 is 0 Å². The zero-order valence-corrected chi connectivity index (χ0v) is 11.2. The van der Waals surface area contributed by atoms with Gasteiger partial charge in [0.05, 0.1) is 6.10 Å². The second kappa shape index (κ2) is 3.04. The van der Waals surface area contributed by atoms with Crippen LogP contribution in [0.2, 0.25) is 0 Å². The number of hydrogen-bond acceptors (Lipinski definition) is 1. The lowest BCUT2D eigenvalue weighted by molar-refractivity contribution is 0.0602. The first-order chi connectivity index (χ1) is 7.38. The van der Waals surface area contributed by atoms with E-state index in [1.165, 1.54) is 25.7 Å². The molecule has 3 aliphatic rings. The lowest BCUT2D eigenvalue weighted by Gasteiger charge is -2.36. The molecule has 3 saturated carbocycles. The maximum atomic E-state index is 10.5. The second-order valence-corrected chi connectivity index (χ2v) is 7.70. The first-order valence-electron chi connectivity index (χ1n) is 7.06. The lowest BCUT2D eigenvalue weighted by atomic mass is 9.68. The molecule has 0 aromatic carbocycles. The normalized spacial score (nSPS) is 58.7. The SMILES string of the molecule is C[C@@H]1[C@H](O)[C@@H]2CC(C)(C)C[C@@]23[C@@H](C)CC[C@@H]13. The molecular weight excluding hydrogens is 196 g/mol. The van der Waals surface area contributed by atoms with E-state index in [2.05, 4.69) is 27.7 Å². The van der Waals surface area contributed by atoms with Gasteiger partial charge in [-0.1, -0.05) is 27.7 Å². The summed E-state index contributed by atoms with van der Waals surface area (Å²) in [4.78, 5) is 0. The van der Waals surface area contributed by atoms with Crippen LogP contribution in [0, 0.1) is 34.5 Å². The molecule has 0 radical (unpaired) electrons. The lowest BCUT2D eigenvalue weighted by Crippen LogP contribution is -2.31. The molecule has 0 aromatic rings. The average Bonchev–Trinajstić information content (AvgIpc) is 2.70. The zero-order valence-electron chi connectivity index (χ0n) is 11.2. The van der Waals surface area contributed by atoms with Crippen LogP contribution in [0.3, 0.4) is 0 Å². The summed E-state index contributed by atoms with van der Waals surface area (Å²) >= 11 is 0. The monoisotopic (exact) mass is 222 g/mol. The quantitative estimate of drug-likeness (QED) is 0.665. The van der Waals surface area contributed by atoms with E-state index in [1.54, 1.807) is 0 Å². The molecule has 3 fully saturated rings. The molecule has 0 unspecified atom stereocenters. The van der Waals surface area contributed by atoms with Crippen molar-refractivity contribution in [1.82, 2.24) is 0 Å². The highest BCUT2D eigenvalue weighted by Gasteiger charge is 2.67. The predicted molar refractivity (Wildman–Crippen MR) is 66.0 cm³/mol. The van der Waals surface area contributed by atoms with Crippen LogP contribution in [0.5, 0.6) is 0 Å². The molecule has 0 aromatic heterocycles. The highest BCUT2D eigenvalue weighted by Crippen LogP contribution is 2.72. The van der Waals surface area contributed by atoms with E-state index in [9.17, 15) is 5.11 Å². The van der Waals surface area contributed by atoms with E-state index in [1.807, 2.05) is 0 Å². The van der Waals surface area contributed by atoms with Gasteiger partial charge in [0, 0.05) is 0 Å². The maximum absolute atomic E-state index is 10.5. The van der Waals surface area contributed by atoms with Gasteiger partial charge in [-0.05, 0) is 60.2 Å². The van der Waals surface area contributed by atoms with Gasteiger partial charge >= 0.3 is 0 Å². The van der Waals surface area contributed by atoms with E-state index in [0.717, 1.165) is 11.8 Å². The van der Waals surface area contributed by atoms with Gasteiger partial charge in [-0.3, -0.25) is 0 Å². The second-order valence-electron chi connectivity index (χ2n) is 7.70. The van der Waals surface area contributed by atoms with Crippen LogP contribution in [0.15, 0.2) is 0 Å². The summed E-state index contributed by atoms with van der Waals surface area (Å²) in [5.74, 6) is 2.79.